The van der Waals surface area contributed by atoms with Crippen molar-refractivity contribution >= 4 is 27.5 Å². The van der Waals surface area contributed by atoms with Gasteiger partial charge < -0.3 is 10.1 Å². The molecule has 3 rings (SSSR count). The van der Waals surface area contributed by atoms with Crippen molar-refractivity contribution in [1.82, 2.24) is 9.62 Å². The van der Waals surface area contributed by atoms with Crippen LogP contribution in [-0.4, -0.2) is 38.8 Å². The lowest BCUT2D eigenvalue weighted by atomic mass is 10.0. The summed E-state index contributed by atoms with van der Waals surface area (Å²) in [5.41, 5.74) is 1.36. The van der Waals surface area contributed by atoms with Crippen LogP contribution in [0.3, 0.4) is 0 Å². The Labute approximate surface area is 157 Å². The van der Waals surface area contributed by atoms with Crippen LogP contribution in [0.15, 0.2) is 47.4 Å². The van der Waals surface area contributed by atoms with Crippen LogP contribution >= 0.6 is 11.6 Å². The van der Waals surface area contributed by atoms with Gasteiger partial charge in [-0.2, -0.15) is 4.31 Å². The molecular formula is C18H19ClN2O4S. The van der Waals surface area contributed by atoms with Crippen molar-refractivity contribution in [1.29, 1.82) is 0 Å². The van der Waals surface area contributed by atoms with E-state index >= 15 is 0 Å². The van der Waals surface area contributed by atoms with E-state index in [4.69, 9.17) is 16.3 Å². The number of ether oxygens (including phenoxy) is 1. The number of sulfonamides is 1. The number of piperazine rings is 1. The number of halogens is 1. The molecule has 1 heterocycles. The molecule has 1 N–H and O–H groups in total. The molecule has 6 nitrogen and oxygen atoms in total. The molecule has 1 atom stereocenters. The molecule has 0 radical (unpaired) electrons. The van der Waals surface area contributed by atoms with Crippen LogP contribution in [0.2, 0.25) is 5.02 Å². The third-order valence-electron chi connectivity index (χ3n) is 4.35. The zero-order valence-corrected chi connectivity index (χ0v) is 16.0. The second kappa shape index (κ2) is 7.26. The number of carbonyl (C=O) groups excluding carboxylic acids is 1. The van der Waals surface area contributed by atoms with Crippen molar-refractivity contribution in [2.24, 2.45) is 0 Å². The molecule has 1 fully saturated rings. The summed E-state index contributed by atoms with van der Waals surface area (Å²) < 4.78 is 32.7. The van der Waals surface area contributed by atoms with Gasteiger partial charge in [0.1, 0.15) is 11.8 Å². The second-order valence-electron chi connectivity index (χ2n) is 5.99. The van der Waals surface area contributed by atoms with E-state index in [1.165, 1.54) is 16.4 Å². The Kier molecular flexibility index (Phi) is 5.22. The SMILES string of the molecule is COc1ccc(C2C(=O)NCCN2S(=O)(=O)c2ccc(C)c(Cl)c2)cc1. The fraction of sp³-hybridized carbons (Fsp3) is 0.278. The van der Waals surface area contributed by atoms with Crippen LogP contribution in [0, 0.1) is 6.92 Å². The quantitative estimate of drug-likeness (QED) is 0.864. The maximum atomic E-state index is 13.2. The van der Waals surface area contributed by atoms with Crippen molar-refractivity contribution in [2.45, 2.75) is 17.9 Å². The number of hydrogen-bond donors (Lipinski definition) is 1. The molecule has 0 spiro atoms. The van der Waals surface area contributed by atoms with Gasteiger partial charge in [0.15, 0.2) is 0 Å². The second-order valence-corrected chi connectivity index (χ2v) is 8.29. The molecule has 0 aliphatic carbocycles. The molecule has 1 aliphatic rings. The van der Waals surface area contributed by atoms with Gasteiger partial charge in [0.25, 0.3) is 0 Å². The highest BCUT2D eigenvalue weighted by Crippen LogP contribution is 2.32. The summed E-state index contributed by atoms with van der Waals surface area (Å²) in [6.07, 6.45) is 0. The predicted molar refractivity (Wildman–Crippen MR) is 98.8 cm³/mol. The molecule has 8 heteroatoms. The minimum Gasteiger partial charge on any atom is -0.497 e. The van der Waals surface area contributed by atoms with Gasteiger partial charge in [-0.25, -0.2) is 8.42 Å². The largest absolute Gasteiger partial charge is 0.497 e. The van der Waals surface area contributed by atoms with Gasteiger partial charge in [-0.05, 0) is 42.3 Å². The van der Waals surface area contributed by atoms with Gasteiger partial charge in [0.2, 0.25) is 15.9 Å². The first kappa shape index (κ1) is 18.7. The van der Waals surface area contributed by atoms with Crippen molar-refractivity contribution in [3.8, 4) is 5.75 Å². The molecule has 0 saturated carbocycles. The Morgan fingerprint density at radius 3 is 2.50 bits per heavy atom. The Morgan fingerprint density at radius 1 is 1.19 bits per heavy atom. The zero-order valence-electron chi connectivity index (χ0n) is 14.4. The van der Waals surface area contributed by atoms with Gasteiger partial charge in [0, 0.05) is 18.1 Å². The van der Waals surface area contributed by atoms with E-state index in [-0.39, 0.29) is 23.9 Å². The number of rotatable bonds is 4. The first-order valence-electron chi connectivity index (χ1n) is 8.04. The molecule has 1 unspecified atom stereocenters. The molecule has 2 aromatic carbocycles. The summed E-state index contributed by atoms with van der Waals surface area (Å²) in [6.45, 7) is 2.23. The summed E-state index contributed by atoms with van der Waals surface area (Å²) in [5, 5.41) is 3.10. The lowest BCUT2D eigenvalue weighted by Crippen LogP contribution is -2.52. The molecule has 138 valence electrons. The third kappa shape index (κ3) is 3.42. The lowest BCUT2D eigenvalue weighted by molar-refractivity contribution is -0.126. The Morgan fingerprint density at radius 2 is 1.88 bits per heavy atom. The molecule has 2 aromatic rings. The van der Waals surface area contributed by atoms with Crippen molar-refractivity contribution in [3.63, 3.8) is 0 Å². The first-order valence-corrected chi connectivity index (χ1v) is 9.86. The molecular weight excluding hydrogens is 376 g/mol. The van der Waals surface area contributed by atoms with Gasteiger partial charge in [-0.1, -0.05) is 29.8 Å². The number of carbonyl (C=O) groups is 1. The Bertz CT molecular complexity index is 929. The summed E-state index contributed by atoms with van der Waals surface area (Å²) in [4.78, 5) is 12.6. The van der Waals surface area contributed by atoms with E-state index in [0.717, 1.165) is 5.56 Å². The maximum Gasteiger partial charge on any atom is 0.244 e. The van der Waals surface area contributed by atoms with Crippen LogP contribution in [0.4, 0.5) is 0 Å². The van der Waals surface area contributed by atoms with Crippen molar-refractivity contribution in [2.75, 3.05) is 20.2 Å². The monoisotopic (exact) mass is 394 g/mol. The van der Waals surface area contributed by atoms with E-state index in [0.29, 0.717) is 16.3 Å². The number of nitrogens with one attached hydrogen (secondary N) is 1. The predicted octanol–water partition coefficient (Wildman–Crippen LogP) is 2.52. The van der Waals surface area contributed by atoms with Crippen LogP contribution in [0.5, 0.6) is 5.75 Å². The van der Waals surface area contributed by atoms with Crippen molar-refractivity contribution in [3.05, 3.63) is 58.6 Å². The third-order valence-corrected chi connectivity index (χ3v) is 6.62. The highest BCUT2D eigenvalue weighted by molar-refractivity contribution is 7.89. The molecule has 26 heavy (non-hydrogen) atoms. The molecule has 1 saturated heterocycles. The summed E-state index contributed by atoms with van der Waals surface area (Å²) in [7, 11) is -2.35. The summed E-state index contributed by atoms with van der Waals surface area (Å²) >= 11 is 6.10. The molecule has 1 aliphatic heterocycles. The van der Waals surface area contributed by atoms with E-state index < -0.39 is 16.1 Å². The zero-order chi connectivity index (χ0) is 18.9. The normalized spacial score (nSPS) is 18.4. The highest BCUT2D eigenvalue weighted by atomic mass is 35.5. The van der Waals surface area contributed by atoms with E-state index in [2.05, 4.69) is 5.32 Å². The minimum absolute atomic E-state index is 0.0707. The minimum atomic E-state index is -3.89. The molecule has 1 amide bonds. The van der Waals surface area contributed by atoms with E-state index in [1.807, 2.05) is 0 Å². The van der Waals surface area contributed by atoms with E-state index in [9.17, 15) is 13.2 Å². The smallest absolute Gasteiger partial charge is 0.244 e. The topological polar surface area (TPSA) is 75.7 Å². The van der Waals surface area contributed by atoms with Crippen LogP contribution in [0.25, 0.3) is 0 Å². The Balaban J connectivity index is 2.04. The first-order chi connectivity index (χ1) is 12.3. The Hall–Kier alpha value is -2.09. The summed E-state index contributed by atoms with van der Waals surface area (Å²) in [5.74, 6) is 0.271. The van der Waals surface area contributed by atoms with Crippen LogP contribution < -0.4 is 10.1 Å². The molecule has 0 aromatic heterocycles. The number of hydrogen-bond acceptors (Lipinski definition) is 4. The number of aryl methyl sites for hydroxylation is 1. The van der Waals surface area contributed by atoms with Gasteiger partial charge >= 0.3 is 0 Å². The fourth-order valence-electron chi connectivity index (χ4n) is 2.88. The average molecular weight is 395 g/mol. The lowest BCUT2D eigenvalue weighted by Gasteiger charge is -2.34. The maximum absolute atomic E-state index is 13.2. The van der Waals surface area contributed by atoms with Gasteiger partial charge in [-0.3, -0.25) is 4.79 Å². The standard InChI is InChI=1S/C18H19ClN2O4S/c1-12-3-8-15(11-16(12)19)26(23,24)21-10-9-20-18(22)17(21)13-4-6-14(25-2)7-5-13/h3-8,11,17H,9-10H2,1-2H3,(H,20,22). The summed E-state index contributed by atoms with van der Waals surface area (Å²) in [6, 6.07) is 10.4. The van der Waals surface area contributed by atoms with Gasteiger partial charge in [0.05, 0.1) is 12.0 Å². The number of amides is 1. The number of nitrogens with zero attached hydrogens (tertiary/aromatic N) is 1. The van der Waals surface area contributed by atoms with Gasteiger partial charge in [-0.15, -0.1) is 0 Å². The van der Waals surface area contributed by atoms with Crippen LogP contribution in [0.1, 0.15) is 17.2 Å². The van der Waals surface area contributed by atoms with Crippen molar-refractivity contribution < 1.29 is 17.9 Å². The highest BCUT2D eigenvalue weighted by Gasteiger charge is 2.39. The van der Waals surface area contributed by atoms with Crippen LogP contribution in [-0.2, 0) is 14.8 Å². The number of benzene rings is 2. The number of methoxy groups -OCH3 is 1. The fourth-order valence-corrected chi connectivity index (χ4v) is 4.73. The molecule has 0 bridgehead atoms. The average Bonchev–Trinajstić information content (AvgIpc) is 2.64. The van der Waals surface area contributed by atoms with E-state index in [1.54, 1.807) is 44.4 Å².